The molecule has 0 saturated carbocycles. The van der Waals surface area contributed by atoms with Crippen molar-refractivity contribution in [1.29, 1.82) is 0 Å². The molecule has 3 aromatic rings. The standard InChI is InChI=1S/C20H19N3O/c24-19-12-18(21-20(22-19)16-7-2-1-3-8-16)14-23-11-10-15-6-4-5-9-17(15)13-23/h1-9,12H,10-11,13-14H2,(H,21,22,24). The van der Waals surface area contributed by atoms with Crippen molar-refractivity contribution in [3.8, 4) is 11.4 Å². The van der Waals surface area contributed by atoms with Gasteiger partial charge in [-0.05, 0) is 17.5 Å². The topological polar surface area (TPSA) is 49.0 Å². The summed E-state index contributed by atoms with van der Waals surface area (Å²) in [6, 6.07) is 19.9. The molecule has 4 rings (SSSR count). The first-order valence-corrected chi connectivity index (χ1v) is 8.23. The Hall–Kier alpha value is -2.72. The fraction of sp³-hybridized carbons (Fsp3) is 0.200. The molecule has 0 bridgehead atoms. The Morgan fingerprint density at radius 3 is 2.58 bits per heavy atom. The molecular weight excluding hydrogens is 298 g/mol. The molecule has 4 heteroatoms. The highest BCUT2D eigenvalue weighted by atomic mass is 16.1. The van der Waals surface area contributed by atoms with E-state index in [-0.39, 0.29) is 5.56 Å². The van der Waals surface area contributed by atoms with Crippen LogP contribution >= 0.6 is 0 Å². The minimum absolute atomic E-state index is 0.101. The molecule has 1 aromatic heterocycles. The normalized spacial score (nSPS) is 14.3. The average molecular weight is 317 g/mol. The molecule has 2 heterocycles. The molecule has 1 N–H and O–H groups in total. The molecular formula is C20H19N3O. The van der Waals surface area contributed by atoms with Crippen molar-refractivity contribution in [2.75, 3.05) is 6.54 Å². The number of nitrogens with one attached hydrogen (secondary N) is 1. The third-order valence-electron chi connectivity index (χ3n) is 4.44. The van der Waals surface area contributed by atoms with Gasteiger partial charge in [0.05, 0.1) is 5.69 Å². The van der Waals surface area contributed by atoms with E-state index < -0.39 is 0 Å². The maximum Gasteiger partial charge on any atom is 0.251 e. The smallest absolute Gasteiger partial charge is 0.251 e. The van der Waals surface area contributed by atoms with Crippen LogP contribution in [0.5, 0.6) is 0 Å². The van der Waals surface area contributed by atoms with Gasteiger partial charge >= 0.3 is 0 Å². The Bertz CT molecular complexity index is 902. The molecule has 1 aliphatic rings. The predicted octanol–water partition coefficient (Wildman–Crippen LogP) is 3.00. The Balaban J connectivity index is 1.57. The van der Waals surface area contributed by atoms with Gasteiger partial charge in [0, 0.05) is 31.3 Å². The van der Waals surface area contributed by atoms with Gasteiger partial charge in [0.15, 0.2) is 0 Å². The van der Waals surface area contributed by atoms with Gasteiger partial charge in [0.25, 0.3) is 5.56 Å². The quantitative estimate of drug-likeness (QED) is 0.808. The van der Waals surface area contributed by atoms with Crippen LogP contribution in [-0.2, 0) is 19.5 Å². The van der Waals surface area contributed by atoms with Gasteiger partial charge in [0.1, 0.15) is 5.82 Å². The van der Waals surface area contributed by atoms with Crippen LogP contribution in [0.1, 0.15) is 16.8 Å². The van der Waals surface area contributed by atoms with Gasteiger partial charge in [-0.2, -0.15) is 0 Å². The lowest BCUT2D eigenvalue weighted by Crippen LogP contribution is -2.30. The van der Waals surface area contributed by atoms with Crippen molar-refractivity contribution < 1.29 is 0 Å². The van der Waals surface area contributed by atoms with Gasteiger partial charge < -0.3 is 4.98 Å². The molecule has 2 aromatic carbocycles. The van der Waals surface area contributed by atoms with Gasteiger partial charge in [0.2, 0.25) is 0 Å². The fourth-order valence-electron chi connectivity index (χ4n) is 3.24. The Morgan fingerprint density at radius 1 is 1.00 bits per heavy atom. The highest BCUT2D eigenvalue weighted by Crippen LogP contribution is 2.20. The monoisotopic (exact) mass is 317 g/mol. The lowest BCUT2D eigenvalue weighted by Gasteiger charge is -2.28. The van der Waals surface area contributed by atoms with E-state index in [0.29, 0.717) is 12.4 Å². The van der Waals surface area contributed by atoms with E-state index in [1.807, 2.05) is 30.3 Å². The lowest BCUT2D eigenvalue weighted by atomic mass is 10.00. The minimum atomic E-state index is -0.101. The predicted molar refractivity (Wildman–Crippen MR) is 94.6 cm³/mol. The number of aromatic amines is 1. The Kier molecular flexibility index (Phi) is 3.97. The lowest BCUT2D eigenvalue weighted by molar-refractivity contribution is 0.242. The van der Waals surface area contributed by atoms with Crippen LogP contribution in [0.15, 0.2) is 65.5 Å². The van der Waals surface area contributed by atoms with Crippen LogP contribution in [-0.4, -0.2) is 21.4 Å². The second kappa shape index (κ2) is 6.42. The highest BCUT2D eigenvalue weighted by Gasteiger charge is 2.16. The van der Waals surface area contributed by atoms with Crippen molar-refractivity contribution in [2.24, 2.45) is 0 Å². The van der Waals surface area contributed by atoms with E-state index in [1.165, 1.54) is 11.1 Å². The first-order valence-electron chi connectivity index (χ1n) is 8.23. The number of H-pyrrole nitrogens is 1. The van der Waals surface area contributed by atoms with Gasteiger partial charge in [-0.3, -0.25) is 9.69 Å². The van der Waals surface area contributed by atoms with Gasteiger partial charge in [-0.25, -0.2) is 4.98 Å². The van der Waals surface area contributed by atoms with Crippen LogP contribution in [0.2, 0.25) is 0 Å². The van der Waals surface area contributed by atoms with Crippen molar-refractivity contribution >= 4 is 0 Å². The van der Waals surface area contributed by atoms with Crippen molar-refractivity contribution in [2.45, 2.75) is 19.5 Å². The third-order valence-corrected chi connectivity index (χ3v) is 4.44. The van der Waals surface area contributed by atoms with E-state index in [2.05, 4.69) is 39.1 Å². The number of hydrogen-bond acceptors (Lipinski definition) is 3. The first-order chi connectivity index (χ1) is 11.8. The summed E-state index contributed by atoms with van der Waals surface area (Å²) in [7, 11) is 0. The molecule has 0 fully saturated rings. The van der Waals surface area contributed by atoms with Crippen molar-refractivity contribution in [3.05, 3.63) is 87.8 Å². The fourth-order valence-corrected chi connectivity index (χ4v) is 3.24. The SMILES string of the molecule is O=c1cc(CN2CCc3ccccc3C2)nc(-c2ccccc2)[nH]1. The van der Waals surface area contributed by atoms with Gasteiger partial charge in [-0.15, -0.1) is 0 Å². The number of benzene rings is 2. The first kappa shape index (κ1) is 14.8. The number of hydrogen-bond donors (Lipinski definition) is 1. The van der Waals surface area contributed by atoms with E-state index >= 15 is 0 Å². The second-order valence-corrected chi connectivity index (χ2v) is 6.18. The van der Waals surface area contributed by atoms with E-state index in [9.17, 15) is 4.79 Å². The van der Waals surface area contributed by atoms with Gasteiger partial charge in [-0.1, -0.05) is 54.6 Å². The number of fused-ring (bicyclic) bond motifs is 1. The van der Waals surface area contributed by atoms with E-state index in [1.54, 1.807) is 6.07 Å². The number of aromatic nitrogens is 2. The van der Waals surface area contributed by atoms with Crippen molar-refractivity contribution in [1.82, 2.24) is 14.9 Å². The average Bonchev–Trinajstić information content (AvgIpc) is 2.62. The Labute approximate surface area is 140 Å². The van der Waals surface area contributed by atoms with Crippen LogP contribution in [0, 0.1) is 0 Å². The summed E-state index contributed by atoms with van der Waals surface area (Å²) in [6.07, 6.45) is 1.05. The second-order valence-electron chi connectivity index (χ2n) is 6.18. The molecule has 0 amide bonds. The zero-order chi connectivity index (χ0) is 16.4. The summed E-state index contributed by atoms with van der Waals surface area (Å²) < 4.78 is 0. The van der Waals surface area contributed by atoms with E-state index in [4.69, 9.17) is 0 Å². The minimum Gasteiger partial charge on any atom is -0.307 e. The highest BCUT2D eigenvalue weighted by molar-refractivity contribution is 5.54. The summed E-state index contributed by atoms with van der Waals surface area (Å²) in [4.78, 5) is 21.8. The largest absolute Gasteiger partial charge is 0.307 e. The maximum atomic E-state index is 12.0. The third kappa shape index (κ3) is 3.14. The molecule has 1 aliphatic heterocycles. The molecule has 0 radical (unpaired) electrons. The molecule has 0 aliphatic carbocycles. The van der Waals surface area contributed by atoms with Crippen LogP contribution in [0.3, 0.4) is 0 Å². The van der Waals surface area contributed by atoms with Crippen LogP contribution in [0.4, 0.5) is 0 Å². The zero-order valence-electron chi connectivity index (χ0n) is 13.4. The molecule has 0 saturated heterocycles. The summed E-state index contributed by atoms with van der Waals surface area (Å²) in [5.41, 5.74) is 4.45. The maximum absolute atomic E-state index is 12.0. The van der Waals surface area contributed by atoms with E-state index in [0.717, 1.165) is 30.8 Å². The number of rotatable bonds is 3. The summed E-state index contributed by atoms with van der Waals surface area (Å²) >= 11 is 0. The summed E-state index contributed by atoms with van der Waals surface area (Å²) in [5.74, 6) is 0.635. The number of nitrogens with zero attached hydrogens (tertiary/aromatic N) is 2. The molecule has 24 heavy (non-hydrogen) atoms. The molecule has 0 atom stereocenters. The summed E-state index contributed by atoms with van der Waals surface area (Å²) in [6.45, 7) is 2.59. The molecule has 120 valence electrons. The zero-order valence-corrected chi connectivity index (χ0v) is 13.4. The molecule has 0 unspecified atom stereocenters. The molecule has 0 spiro atoms. The van der Waals surface area contributed by atoms with Crippen LogP contribution in [0.25, 0.3) is 11.4 Å². The molecule has 4 nitrogen and oxygen atoms in total. The van der Waals surface area contributed by atoms with Crippen molar-refractivity contribution in [3.63, 3.8) is 0 Å². The summed E-state index contributed by atoms with van der Waals surface area (Å²) in [5, 5.41) is 0. The Morgan fingerprint density at radius 2 is 1.75 bits per heavy atom. The van der Waals surface area contributed by atoms with Crippen LogP contribution < -0.4 is 5.56 Å².